The van der Waals surface area contributed by atoms with Gasteiger partial charge in [-0.3, -0.25) is 4.79 Å². The highest BCUT2D eigenvalue weighted by atomic mass is 35.5. The molecule has 1 unspecified atom stereocenters. The fourth-order valence-electron chi connectivity index (χ4n) is 1.44. The molecule has 1 rings (SSSR count). The number of benzene rings is 1. The molecule has 0 aliphatic heterocycles. The number of ketones is 1. The van der Waals surface area contributed by atoms with Crippen LogP contribution in [0.1, 0.15) is 22.3 Å². The summed E-state index contributed by atoms with van der Waals surface area (Å²) in [6.07, 6.45) is 0.479. The first-order valence-corrected chi connectivity index (χ1v) is 5.96. The van der Waals surface area contributed by atoms with Crippen LogP contribution < -0.4 is 4.74 Å². The lowest BCUT2D eigenvalue weighted by molar-refractivity contribution is 0.0986. The summed E-state index contributed by atoms with van der Waals surface area (Å²) in [6.45, 7) is 1.89. The minimum Gasteiger partial charge on any atom is -0.496 e. The Kier molecular flexibility index (Phi) is 5.10. The summed E-state index contributed by atoms with van der Waals surface area (Å²) in [6, 6.07) is 5.27. The summed E-state index contributed by atoms with van der Waals surface area (Å²) in [7, 11) is 1.60. The maximum Gasteiger partial charge on any atom is 0.180 e. The summed E-state index contributed by atoms with van der Waals surface area (Å²) >= 11 is 11.5. The molecule has 0 heterocycles. The Bertz CT molecular complexity index is 377. The highest BCUT2D eigenvalue weighted by Gasteiger charge is 2.17. The van der Waals surface area contributed by atoms with Gasteiger partial charge in [0.25, 0.3) is 0 Å². The zero-order chi connectivity index (χ0) is 12.1. The minimum atomic E-state index is -0.551. The van der Waals surface area contributed by atoms with E-state index in [2.05, 4.69) is 0 Å². The summed E-state index contributed by atoms with van der Waals surface area (Å²) in [5.74, 6) is 1.06. The zero-order valence-electron chi connectivity index (χ0n) is 9.30. The summed E-state index contributed by atoms with van der Waals surface area (Å²) in [5.41, 5.74) is 1.52. The van der Waals surface area contributed by atoms with Crippen LogP contribution in [0.4, 0.5) is 0 Å². The molecule has 0 amide bonds. The van der Waals surface area contributed by atoms with E-state index in [1.165, 1.54) is 0 Å². The van der Waals surface area contributed by atoms with Crippen LogP contribution in [-0.2, 0) is 0 Å². The number of carbonyl (C=O) groups excluding carboxylic acids is 1. The molecule has 0 aliphatic carbocycles. The molecular weight excluding hydrogens is 247 g/mol. The molecule has 4 heteroatoms. The lowest BCUT2D eigenvalue weighted by Crippen LogP contribution is -2.15. The SMILES string of the molecule is COc1ccc(C(=O)C(Cl)CCCl)cc1C. The number of hydrogen-bond donors (Lipinski definition) is 0. The first-order valence-electron chi connectivity index (χ1n) is 4.99. The second-order valence-electron chi connectivity index (χ2n) is 3.49. The summed E-state index contributed by atoms with van der Waals surface area (Å²) in [5, 5.41) is -0.551. The van der Waals surface area contributed by atoms with E-state index in [-0.39, 0.29) is 5.78 Å². The zero-order valence-corrected chi connectivity index (χ0v) is 10.8. The normalized spacial score (nSPS) is 12.2. The topological polar surface area (TPSA) is 26.3 Å². The van der Waals surface area contributed by atoms with Gasteiger partial charge in [0.1, 0.15) is 5.75 Å². The Morgan fingerprint density at radius 3 is 2.69 bits per heavy atom. The number of methoxy groups -OCH3 is 1. The molecule has 16 heavy (non-hydrogen) atoms. The van der Waals surface area contributed by atoms with Gasteiger partial charge in [-0.05, 0) is 37.1 Å². The van der Waals surface area contributed by atoms with Gasteiger partial charge in [-0.2, -0.15) is 0 Å². The van der Waals surface area contributed by atoms with Crippen molar-refractivity contribution in [3.8, 4) is 5.75 Å². The van der Waals surface area contributed by atoms with Crippen molar-refractivity contribution in [2.24, 2.45) is 0 Å². The first kappa shape index (κ1) is 13.3. The Labute approximate surface area is 106 Å². The number of rotatable bonds is 5. The molecular formula is C12H14Cl2O2. The summed E-state index contributed by atoms with van der Waals surface area (Å²) < 4.78 is 5.12. The molecule has 0 radical (unpaired) electrons. The van der Waals surface area contributed by atoms with E-state index >= 15 is 0 Å². The Morgan fingerprint density at radius 1 is 1.50 bits per heavy atom. The number of hydrogen-bond acceptors (Lipinski definition) is 2. The molecule has 0 N–H and O–H groups in total. The van der Waals surface area contributed by atoms with Crippen LogP contribution in [0.15, 0.2) is 18.2 Å². The largest absolute Gasteiger partial charge is 0.496 e. The van der Waals surface area contributed by atoms with E-state index in [4.69, 9.17) is 27.9 Å². The van der Waals surface area contributed by atoms with Gasteiger partial charge in [-0.1, -0.05) is 0 Å². The fraction of sp³-hybridized carbons (Fsp3) is 0.417. The molecule has 0 bridgehead atoms. The molecule has 88 valence electrons. The predicted molar refractivity (Wildman–Crippen MR) is 67.0 cm³/mol. The van der Waals surface area contributed by atoms with Crippen LogP contribution in [0, 0.1) is 6.92 Å². The highest BCUT2D eigenvalue weighted by Crippen LogP contribution is 2.21. The standard InChI is InChI=1S/C12H14Cl2O2/c1-8-7-9(3-4-11(8)16-2)12(15)10(14)5-6-13/h3-4,7,10H,5-6H2,1-2H3. The molecule has 0 fully saturated rings. The lowest BCUT2D eigenvalue weighted by atomic mass is 10.0. The molecule has 1 aromatic carbocycles. The van der Waals surface area contributed by atoms with Crippen molar-refractivity contribution in [1.82, 2.24) is 0 Å². The number of halogens is 2. The van der Waals surface area contributed by atoms with Crippen LogP contribution >= 0.6 is 23.2 Å². The highest BCUT2D eigenvalue weighted by molar-refractivity contribution is 6.34. The average molecular weight is 261 g/mol. The van der Waals surface area contributed by atoms with Crippen molar-refractivity contribution < 1.29 is 9.53 Å². The van der Waals surface area contributed by atoms with Crippen molar-refractivity contribution >= 4 is 29.0 Å². The second kappa shape index (κ2) is 6.12. The summed E-state index contributed by atoms with van der Waals surface area (Å²) in [4.78, 5) is 11.9. The molecule has 1 atom stereocenters. The van der Waals surface area contributed by atoms with Gasteiger partial charge in [0.15, 0.2) is 5.78 Å². The Morgan fingerprint density at radius 2 is 2.19 bits per heavy atom. The minimum absolute atomic E-state index is 0.0898. The molecule has 0 spiro atoms. The molecule has 2 nitrogen and oxygen atoms in total. The molecule has 0 aromatic heterocycles. The van der Waals surface area contributed by atoms with Crippen LogP contribution in [0.3, 0.4) is 0 Å². The maximum atomic E-state index is 11.9. The third-order valence-corrected chi connectivity index (χ3v) is 2.96. The average Bonchev–Trinajstić information content (AvgIpc) is 2.28. The lowest BCUT2D eigenvalue weighted by Gasteiger charge is -2.09. The van der Waals surface area contributed by atoms with Gasteiger partial charge in [0, 0.05) is 11.4 Å². The number of ether oxygens (including phenoxy) is 1. The van der Waals surface area contributed by atoms with Crippen molar-refractivity contribution in [2.45, 2.75) is 18.7 Å². The third-order valence-electron chi connectivity index (χ3n) is 2.33. The second-order valence-corrected chi connectivity index (χ2v) is 4.40. The molecule has 0 saturated heterocycles. The van der Waals surface area contributed by atoms with Gasteiger partial charge in [-0.15, -0.1) is 23.2 Å². The van der Waals surface area contributed by atoms with Crippen molar-refractivity contribution in [1.29, 1.82) is 0 Å². The van der Waals surface area contributed by atoms with Crippen LogP contribution in [0.2, 0.25) is 0 Å². The number of Topliss-reactive ketones (excluding diaryl/α,β-unsaturated/α-hetero) is 1. The van der Waals surface area contributed by atoms with E-state index in [1.807, 2.05) is 6.92 Å². The van der Waals surface area contributed by atoms with E-state index in [1.54, 1.807) is 25.3 Å². The number of aryl methyl sites for hydroxylation is 1. The number of carbonyl (C=O) groups is 1. The van der Waals surface area contributed by atoms with Crippen molar-refractivity contribution in [3.63, 3.8) is 0 Å². The maximum absolute atomic E-state index is 11.9. The molecule has 0 saturated carbocycles. The van der Waals surface area contributed by atoms with Gasteiger partial charge in [0.2, 0.25) is 0 Å². The quantitative estimate of drug-likeness (QED) is 0.599. The smallest absolute Gasteiger partial charge is 0.180 e. The van der Waals surface area contributed by atoms with Crippen molar-refractivity contribution in [3.05, 3.63) is 29.3 Å². The van der Waals surface area contributed by atoms with E-state index in [0.29, 0.717) is 17.9 Å². The fourth-order valence-corrected chi connectivity index (χ4v) is 2.00. The van der Waals surface area contributed by atoms with Gasteiger partial charge >= 0.3 is 0 Å². The van der Waals surface area contributed by atoms with Crippen LogP contribution in [0.25, 0.3) is 0 Å². The predicted octanol–water partition coefficient (Wildman–Crippen LogP) is 3.42. The van der Waals surface area contributed by atoms with E-state index in [0.717, 1.165) is 11.3 Å². The van der Waals surface area contributed by atoms with Crippen LogP contribution in [-0.4, -0.2) is 24.2 Å². The monoisotopic (exact) mass is 260 g/mol. The van der Waals surface area contributed by atoms with E-state index in [9.17, 15) is 4.79 Å². The Hall–Kier alpha value is -0.730. The first-order chi connectivity index (χ1) is 7.60. The Balaban J connectivity index is 2.88. The number of alkyl halides is 2. The van der Waals surface area contributed by atoms with E-state index < -0.39 is 5.38 Å². The molecule has 0 aliphatic rings. The third kappa shape index (κ3) is 3.13. The van der Waals surface area contributed by atoms with Crippen molar-refractivity contribution in [2.75, 3.05) is 13.0 Å². The molecule has 1 aromatic rings. The van der Waals surface area contributed by atoms with Crippen LogP contribution in [0.5, 0.6) is 5.75 Å². The van der Waals surface area contributed by atoms with Gasteiger partial charge in [-0.25, -0.2) is 0 Å². The van der Waals surface area contributed by atoms with Gasteiger partial charge in [0.05, 0.1) is 12.5 Å². The van der Waals surface area contributed by atoms with Gasteiger partial charge < -0.3 is 4.74 Å².